The van der Waals surface area contributed by atoms with Crippen LogP contribution in [0.1, 0.15) is 23.1 Å². The molecule has 16 heavy (non-hydrogen) atoms. The van der Waals surface area contributed by atoms with Gasteiger partial charge < -0.3 is 5.73 Å². The lowest BCUT2D eigenvalue weighted by Gasteiger charge is -2.03. The Morgan fingerprint density at radius 3 is 2.81 bits per heavy atom. The molecule has 0 spiro atoms. The van der Waals surface area contributed by atoms with Gasteiger partial charge in [0.1, 0.15) is 0 Å². The minimum atomic E-state index is 0.679. The molecule has 0 radical (unpaired) electrons. The van der Waals surface area contributed by atoms with E-state index in [1.165, 1.54) is 14.0 Å². The van der Waals surface area contributed by atoms with E-state index in [0.29, 0.717) is 5.13 Å². The third kappa shape index (κ3) is 2.55. The molecule has 2 aromatic rings. The topological polar surface area (TPSA) is 38.9 Å². The van der Waals surface area contributed by atoms with E-state index in [4.69, 9.17) is 5.73 Å². The normalized spacial score (nSPS) is 10.6. The van der Waals surface area contributed by atoms with Gasteiger partial charge in [-0.3, -0.25) is 0 Å². The zero-order valence-electron chi connectivity index (χ0n) is 9.03. The number of anilines is 1. The maximum Gasteiger partial charge on any atom is 0.180 e. The zero-order valence-corrected chi connectivity index (χ0v) is 12.0. The highest BCUT2D eigenvalue weighted by molar-refractivity contribution is 14.1. The number of nitrogens with zero attached hydrogens (tertiary/aromatic N) is 1. The summed E-state index contributed by atoms with van der Waals surface area (Å²) in [6, 6.07) is 8.43. The van der Waals surface area contributed by atoms with E-state index in [-0.39, 0.29) is 0 Å². The van der Waals surface area contributed by atoms with Gasteiger partial charge in [-0.2, -0.15) is 0 Å². The molecule has 0 atom stereocenters. The summed E-state index contributed by atoms with van der Waals surface area (Å²) >= 11 is 3.98. The molecular weight excluding hydrogens is 331 g/mol. The van der Waals surface area contributed by atoms with Gasteiger partial charge in [-0.1, -0.05) is 25.1 Å². The largest absolute Gasteiger partial charge is 0.375 e. The lowest BCUT2D eigenvalue weighted by Crippen LogP contribution is -1.93. The maximum absolute atomic E-state index is 5.75. The Morgan fingerprint density at radius 2 is 2.12 bits per heavy atom. The molecule has 0 aliphatic carbocycles. The first-order valence-corrected chi connectivity index (χ1v) is 7.07. The molecule has 1 aromatic carbocycles. The first-order chi connectivity index (χ1) is 7.70. The molecule has 4 heteroatoms. The van der Waals surface area contributed by atoms with Crippen molar-refractivity contribution in [1.82, 2.24) is 4.98 Å². The van der Waals surface area contributed by atoms with Crippen LogP contribution in [0.3, 0.4) is 0 Å². The first kappa shape index (κ1) is 11.9. The van der Waals surface area contributed by atoms with Gasteiger partial charge >= 0.3 is 0 Å². The number of aryl methyl sites for hydroxylation is 1. The van der Waals surface area contributed by atoms with Crippen LogP contribution in [0.25, 0.3) is 0 Å². The van der Waals surface area contributed by atoms with Gasteiger partial charge in [0.15, 0.2) is 5.13 Å². The van der Waals surface area contributed by atoms with Gasteiger partial charge in [-0.05, 0) is 40.6 Å². The van der Waals surface area contributed by atoms with Crippen molar-refractivity contribution < 1.29 is 0 Å². The molecule has 0 amide bonds. The average molecular weight is 344 g/mol. The minimum absolute atomic E-state index is 0.679. The van der Waals surface area contributed by atoms with E-state index in [0.717, 1.165) is 18.5 Å². The summed E-state index contributed by atoms with van der Waals surface area (Å²) in [5, 5.41) is 0.679. The van der Waals surface area contributed by atoms with Crippen molar-refractivity contribution in [3.8, 4) is 0 Å². The molecule has 0 unspecified atom stereocenters. The summed E-state index contributed by atoms with van der Waals surface area (Å²) in [4.78, 5) is 5.64. The number of nitrogens with two attached hydrogens (primary N) is 1. The van der Waals surface area contributed by atoms with Crippen molar-refractivity contribution in [3.05, 3.63) is 44.0 Å². The average Bonchev–Trinajstić information content (AvgIpc) is 2.62. The summed E-state index contributed by atoms with van der Waals surface area (Å²) in [5.74, 6) is 0. The van der Waals surface area contributed by atoms with E-state index in [2.05, 4.69) is 58.8 Å². The second-order valence-electron chi connectivity index (χ2n) is 3.54. The Balaban J connectivity index is 2.30. The zero-order chi connectivity index (χ0) is 11.5. The van der Waals surface area contributed by atoms with E-state index in [1.54, 1.807) is 11.3 Å². The number of hydrogen-bond acceptors (Lipinski definition) is 3. The molecule has 0 saturated heterocycles. The molecule has 0 saturated carbocycles. The summed E-state index contributed by atoms with van der Waals surface area (Å²) in [6.45, 7) is 2.12. The van der Waals surface area contributed by atoms with Crippen LogP contribution in [-0.4, -0.2) is 4.98 Å². The second kappa shape index (κ2) is 5.14. The summed E-state index contributed by atoms with van der Waals surface area (Å²) < 4.78 is 1.30. The van der Waals surface area contributed by atoms with E-state index < -0.39 is 0 Å². The second-order valence-corrected chi connectivity index (χ2v) is 5.82. The Kier molecular flexibility index (Phi) is 3.81. The molecule has 0 bridgehead atoms. The lowest BCUT2D eigenvalue weighted by molar-refractivity contribution is 1.02. The van der Waals surface area contributed by atoms with Crippen molar-refractivity contribution >= 4 is 39.1 Å². The van der Waals surface area contributed by atoms with Crippen LogP contribution < -0.4 is 5.73 Å². The number of nitrogen functional groups attached to an aromatic ring is 1. The Bertz CT molecular complexity index is 494. The highest BCUT2D eigenvalue weighted by atomic mass is 127. The van der Waals surface area contributed by atoms with Crippen molar-refractivity contribution in [2.75, 3.05) is 5.73 Å². The first-order valence-electron chi connectivity index (χ1n) is 5.18. The highest BCUT2D eigenvalue weighted by Gasteiger charge is 2.09. The van der Waals surface area contributed by atoms with Gasteiger partial charge in [-0.15, -0.1) is 11.3 Å². The number of aromatic nitrogens is 1. The van der Waals surface area contributed by atoms with Crippen molar-refractivity contribution in [1.29, 1.82) is 0 Å². The molecule has 2 N–H and O–H groups in total. The minimum Gasteiger partial charge on any atom is -0.375 e. The smallest absolute Gasteiger partial charge is 0.180 e. The Morgan fingerprint density at radius 1 is 1.38 bits per heavy atom. The van der Waals surface area contributed by atoms with Crippen LogP contribution >= 0.6 is 33.9 Å². The van der Waals surface area contributed by atoms with Crippen LogP contribution in [0.4, 0.5) is 5.13 Å². The van der Waals surface area contributed by atoms with E-state index in [9.17, 15) is 0 Å². The molecule has 2 nitrogen and oxygen atoms in total. The standard InChI is InChI=1S/C12H13IN2S/c1-2-10-11(16-12(14)15-10)7-8-5-3-4-6-9(8)13/h3-6H,2,7H2,1H3,(H2,14,15). The Hall–Kier alpha value is -0.620. The number of halogens is 1. The van der Waals surface area contributed by atoms with E-state index in [1.807, 2.05) is 0 Å². The van der Waals surface area contributed by atoms with Crippen LogP contribution in [0.5, 0.6) is 0 Å². The van der Waals surface area contributed by atoms with Gasteiger partial charge in [-0.25, -0.2) is 4.98 Å². The van der Waals surface area contributed by atoms with Crippen molar-refractivity contribution in [2.24, 2.45) is 0 Å². The van der Waals surface area contributed by atoms with Gasteiger partial charge in [0.25, 0.3) is 0 Å². The van der Waals surface area contributed by atoms with Crippen molar-refractivity contribution in [2.45, 2.75) is 19.8 Å². The fourth-order valence-corrected chi connectivity index (χ4v) is 3.15. The maximum atomic E-state index is 5.75. The quantitative estimate of drug-likeness (QED) is 0.866. The SMILES string of the molecule is CCc1nc(N)sc1Cc1ccccc1I. The molecular formula is C12H13IN2S. The summed E-state index contributed by atoms with van der Waals surface area (Å²) in [7, 11) is 0. The molecule has 2 rings (SSSR count). The van der Waals surface area contributed by atoms with Gasteiger partial charge in [0, 0.05) is 14.9 Å². The third-order valence-corrected chi connectivity index (χ3v) is 4.42. The number of rotatable bonds is 3. The molecule has 0 fully saturated rings. The molecule has 84 valence electrons. The predicted molar refractivity (Wildman–Crippen MR) is 77.9 cm³/mol. The van der Waals surface area contributed by atoms with E-state index >= 15 is 0 Å². The Labute approximate surface area is 113 Å². The number of benzene rings is 1. The van der Waals surface area contributed by atoms with Crippen LogP contribution in [0.15, 0.2) is 24.3 Å². The summed E-state index contributed by atoms with van der Waals surface area (Å²) in [6.07, 6.45) is 1.89. The number of thiazole rings is 1. The molecule has 1 heterocycles. The monoisotopic (exact) mass is 344 g/mol. The number of hydrogen-bond donors (Lipinski definition) is 1. The molecule has 0 aliphatic rings. The van der Waals surface area contributed by atoms with Crippen LogP contribution in [0.2, 0.25) is 0 Å². The predicted octanol–water partition coefficient (Wildman–Crippen LogP) is 3.48. The van der Waals surface area contributed by atoms with Crippen molar-refractivity contribution in [3.63, 3.8) is 0 Å². The fourth-order valence-electron chi connectivity index (χ4n) is 1.63. The van der Waals surface area contributed by atoms with Crippen LogP contribution in [0, 0.1) is 3.57 Å². The summed E-state index contributed by atoms with van der Waals surface area (Å²) in [5.41, 5.74) is 8.24. The third-order valence-electron chi connectivity index (χ3n) is 2.44. The van der Waals surface area contributed by atoms with Gasteiger partial charge in [0.05, 0.1) is 5.69 Å². The van der Waals surface area contributed by atoms with Gasteiger partial charge in [0.2, 0.25) is 0 Å². The highest BCUT2D eigenvalue weighted by Crippen LogP contribution is 2.25. The lowest BCUT2D eigenvalue weighted by atomic mass is 10.1. The molecule has 0 aliphatic heterocycles. The fraction of sp³-hybridized carbons (Fsp3) is 0.250. The molecule has 1 aromatic heterocycles. The van der Waals surface area contributed by atoms with Crippen LogP contribution in [-0.2, 0) is 12.8 Å².